The first-order valence-corrected chi connectivity index (χ1v) is 2.01. The van der Waals surface area contributed by atoms with Crippen molar-refractivity contribution in [1.29, 1.82) is 5.41 Å². The zero-order valence-electron chi connectivity index (χ0n) is 3.84. The molecular weight excluding hydrogens is 128 g/mol. The van der Waals surface area contributed by atoms with Crippen LogP contribution in [0.15, 0.2) is 4.36 Å². The zero-order chi connectivity index (χ0) is 6.57. The second-order valence-corrected chi connectivity index (χ2v) is 1.12. The normalized spacial score (nSPS) is 7.50. The van der Waals surface area contributed by atoms with Crippen LogP contribution in [0.5, 0.6) is 0 Å². The highest BCUT2D eigenvalue weighted by Gasteiger charge is 1.93. The molecule has 4 N–H and O–H groups in total. The van der Waals surface area contributed by atoms with E-state index >= 15 is 0 Å². The summed E-state index contributed by atoms with van der Waals surface area (Å²) in [4.78, 5) is 10.0. The maximum atomic E-state index is 10.0. The molecule has 8 heavy (non-hydrogen) atoms. The quantitative estimate of drug-likeness (QED) is 0.301. The van der Waals surface area contributed by atoms with E-state index in [1.807, 2.05) is 5.32 Å². The molecule has 0 radical (unpaired) electrons. The van der Waals surface area contributed by atoms with Gasteiger partial charge in [0, 0.05) is 12.4 Å². The van der Waals surface area contributed by atoms with Crippen molar-refractivity contribution in [3.05, 3.63) is 0 Å². The van der Waals surface area contributed by atoms with Crippen molar-refractivity contribution in [2.75, 3.05) is 0 Å². The van der Waals surface area contributed by atoms with Gasteiger partial charge in [0.25, 0.3) is 0 Å². The standard InChI is InChI=1S/C2H4N4OS/c3-1(4)5-2(7)6-8/h(H4,3,4,5,7). The minimum absolute atomic E-state index is 0.455. The van der Waals surface area contributed by atoms with Crippen molar-refractivity contribution in [2.24, 2.45) is 10.1 Å². The highest BCUT2D eigenvalue weighted by atomic mass is 32.1. The lowest BCUT2D eigenvalue weighted by molar-refractivity contribution is 0.253. The maximum Gasteiger partial charge on any atom is 0.359 e. The zero-order valence-corrected chi connectivity index (χ0v) is 4.66. The van der Waals surface area contributed by atoms with Crippen LogP contribution < -0.4 is 11.1 Å². The molecule has 0 aromatic heterocycles. The van der Waals surface area contributed by atoms with Crippen molar-refractivity contribution in [1.82, 2.24) is 5.32 Å². The van der Waals surface area contributed by atoms with Crippen LogP contribution in [0.25, 0.3) is 0 Å². The molecule has 6 heteroatoms. The first-order chi connectivity index (χ1) is 3.66. The van der Waals surface area contributed by atoms with E-state index in [1.165, 1.54) is 0 Å². The van der Waals surface area contributed by atoms with E-state index in [9.17, 15) is 4.79 Å². The van der Waals surface area contributed by atoms with Crippen LogP contribution in [-0.4, -0.2) is 12.0 Å². The summed E-state index contributed by atoms with van der Waals surface area (Å²) < 4.78 is 2.74. The van der Waals surface area contributed by atoms with Gasteiger partial charge < -0.3 is 5.73 Å². The van der Waals surface area contributed by atoms with Crippen LogP contribution in [0.2, 0.25) is 0 Å². The number of nitrogens with one attached hydrogen (secondary N) is 2. The van der Waals surface area contributed by atoms with Gasteiger partial charge in [-0.25, -0.2) is 4.79 Å². The molecule has 0 spiro atoms. The summed E-state index contributed by atoms with van der Waals surface area (Å²) in [5, 5.41) is 8.31. The molecule has 44 valence electrons. The van der Waals surface area contributed by atoms with Gasteiger partial charge in [-0.2, -0.15) is 0 Å². The third kappa shape index (κ3) is 3.16. The van der Waals surface area contributed by atoms with Gasteiger partial charge in [0.05, 0.1) is 0 Å². The Kier molecular flexibility index (Phi) is 2.63. The van der Waals surface area contributed by atoms with Crippen molar-refractivity contribution in [3.63, 3.8) is 0 Å². The number of guanidine groups is 1. The van der Waals surface area contributed by atoms with Crippen molar-refractivity contribution >= 4 is 24.4 Å². The Hall–Kier alpha value is -1.04. The summed E-state index contributed by atoms with van der Waals surface area (Å²) in [5.41, 5.74) is 4.71. The monoisotopic (exact) mass is 132 g/mol. The highest BCUT2D eigenvalue weighted by Crippen LogP contribution is 1.66. The number of amides is 2. The molecule has 0 saturated carbocycles. The summed E-state index contributed by atoms with van der Waals surface area (Å²) in [5.74, 6) is -0.455. The first-order valence-electron chi connectivity index (χ1n) is 1.65. The topological polar surface area (TPSA) is 91.3 Å². The molecule has 0 bridgehead atoms. The predicted octanol–water partition coefficient (Wildman–Crippen LogP) is -0.680. The molecule has 0 saturated heterocycles. The van der Waals surface area contributed by atoms with Crippen LogP contribution in [0.4, 0.5) is 4.79 Å². The third-order valence-electron chi connectivity index (χ3n) is 0.325. The van der Waals surface area contributed by atoms with Crippen LogP contribution in [0.1, 0.15) is 0 Å². The molecule has 0 aromatic carbocycles. The Balaban J connectivity index is 3.55. The maximum absolute atomic E-state index is 10.0. The van der Waals surface area contributed by atoms with Gasteiger partial charge in [0.2, 0.25) is 0 Å². The number of nitrogens with two attached hydrogens (primary N) is 1. The Bertz CT molecular complexity index is 132. The second kappa shape index (κ2) is 3.03. The summed E-state index contributed by atoms with van der Waals surface area (Å²) in [6.45, 7) is 0. The van der Waals surface area contributed by atoms with Gasteiger partial charge in [-0.15, -0.1) is 4.36 Å². The van der Waals surface area contributed by atoms with Crippen LogP contribution in [0, 0.1) is 5.41 Å². The van der Waals surface area contributed by atoms with Crippen LogP contribution >= 0.6 is 0 Å². The number of carbonyl (C=O) groups is 1. The lowest BCUT2D eigenvalue weighted by Crippen LogP contribution is -2.33. The van der Waals surface area contributed by atoms with E-state index in [0.29, 0.717) is 0 Å². The largest absolute Gasteiger partial charge is 0.370 e. The number of hydrogen-bond acceptors (Lipinski definition) is 3. The number of nitrogens with zero attached hydrogens (tertiary/aromatic N) is 1. The molecule has 0 aromatic rings. The lowest BCUT2D eigenvalue weighted by atomic mass is 10.9. The van der Waals surface area contributed by atoms with Crippen LogP contribution in [-0.2, 0) is 12.4 Å². The SMILES string of the molecule is N=C(N)NC(=O)N=S. The second-order valence-electron chi connectivity index (χ2n) is 0.935. The van der Waals surface area contributed by atoms with E-state index in [1.54, 1.807) is 0 Å². The molecule has 5 nitrogen and oxygen atoms in total. The molecule has 0 aliphatic carbocycles. The fourth-order valence-corrected chi connectivity index (χ4v) is 0.184. The van der Waals surface area contributed by atoms with E-state index < -0.39 is 12.0 Å². The molecule has 0 rings (SSSR count). The third-order valence-corrected chi connectivity index (χ3v) is 0.490. The smallest absolute Gasteiger partial charge is 0.359 e. The average Bonchev–Trinajstić information content (AvgIpc) is 1.65. The van der Waals surface area contributed by atoms with Gasteiger partial charge in [-0.3, -0.25) is 10.7 Å². The fraction of sp³-hybridized carbons (Fsp3) is 0. The molecule has 0 aliphatic heterocycles. The molecule has 0 atom stereocenters. The minimum Gasteiger partial charge on any atom is -0.370 e. The Labute approximate surface area is 50.9 Å². The molecule has 0 fully saturated rings. The Morgan fingerprint density at radius 3 is 2.50 bits per heavy atom. The van der Waals surface area contributed by atoms with Gasteiger partial charge in [0.15, 0.2) is 5.96 Å². The number of carbonyl (C=O) groups excluding carboxylic acids is 1. The molecule has 2 amide bonds. The first kappa shape index (κ1) is 6.96. The number of hydrogen-bond donors (Lipinski definition) is 3. The minimum atomic E-state index is -0.785. The molecule has 0 heterocycles. The highest BCUT2D eigenvalue weighted by molar-refractivity contribution is 7.47. The predicted molar refractivity (Wildman–Crippen MR) is 30.2 cm³/mol. The van der Waals surface area contributed by atoms with E-state index in [4.69, 9.17) is 11.1 Å². The summed E-state index contributed by atoms with van der Waals surface area (Å²) in [7, 11) is 0. The van der Waals surface area contributed by atoms with Crippen molar-refractivity contribution in [2.45, 2.75) is 0 Å². The molecule has 0 unspecified atom stereocenters. The van der Waals surface area contributed by atoms with E-state index in [-0.39, 0.29) is 0 Å². The Morgan fingerprint density at radius 2 is 2.38 bits per heavy atom. The fourth-order valence-electron chi connectivity index (χ4n) is 0.138. The van der Waals surface area contributed by atoms with Crippen molar-refractivity contribution < 1.29 is 4.79 Å². The summed E-state index contributed by atoms with van der Waals surface area (Å²) in [6, 6.07) is -0.785. The number of rotatable bonds is 0. The van der Waals surface area contributed by atoms with Gasteiger partial charge in [0.1, 0.15) is 0 Å². The lowest BCUT2D eigenvalue weighted by Gasteiger charge is -1.91. The summed E-state index contributed by atoms with van der Waals surface area (Å²) >= 11 is 3.95. The average molecular weight is 132 g/mol. The van der Waals surface area contributed by atoms with Crippen molar-refractivity contribution in [3.8, 4) is 0 Å². The van der Waals surface area contributed by atoms with Gasteiger partial charge in [-0.1, -0.05) is 0 Å². The van der Waals surface area contributed by atoms with Gasteiger partial charge in [-0.05, 0) is 0 Å². The van der Waals surface area contributed by atoms with E-state index in [2.05, 4.69) is 16.8 Å². The Morgan fingerprint density at radius 1 is 1.88 bits per heavy atom. The molecular formula is C2H4N4OS. The van der Waals surface area contributed by atoms with Gasteiger partial charge >= 0.3 is 6.03 Å². The number of urea groups is 1. The summed E-state index contributed by atoms with van der Waals surface area (Å²) in [6.07, 6.45) is 0. The van der Waals surface area contributed by atoms with Crippen LogP contribution in [0.3, 0.4) is 0 Å². The van der Waals surface area contributed by atoms with E-state index in [0.717, 1.165) is 0 Å². The molecule has 0 aliphatic rings.